The molecule has 3 aromatic rings. The van der Waals surface area contributed by atoms with Crippen molar-refractivity contribution >= 4 is 34.3 Å². The molecule has 1 fully saturated rings. The lowest BCUT2D eigenvalue weighted by molar-refractivity contribution is 0.536. The highest BCUT2D eigenvalue weighted by atomic mass is 35.5. The van der Waals surface area contributed by atoms with E-state index in [1.165, 1.54) is 12.1 Å². The summed E-state index contributed by atoms with van der Waals surface area (Å²) in [6, 6.07) is 2.76. The summed E-state index contributed by atoms with van der Waals surface area (Å²) in [6.45, 7) is 4.02. The lowest BCUT2D eigenvalue weighted by Gasteiger charge is -2.40. The Morgan fingerprint density at radius 3 is 2.64 bits per heavy atom. The second-order valence-electron chi connectivity index (χ2n) is 6.05. The molecule has 1 saturated heterocycles. The smallest absolute Gasteiger partial charge is 0.225 e. The average molecular weight is 365 g/mol. The maximum Gasteiger partial charge on any atom is 0.225 e. The van der Waals surface area contributed by atoms with Crippen LogP contribution >= 0.6 is 11.6 Å². The largest absolute Gasteiger partial charge is 0.348 e. The minimum Gasteiger partial charge on any atom is -0.348 e. The van der Waals surface area contributed by atoms with Gasteiger partial charge in [-0.2, -0.15) is 5.10 Å². The number of rotatable bonds is 2. The number of anilines is 2. The van der Waals surface area contributed by atoms with Crippen molar-refractivity contribution in [3.05, 3.63) is 41.2 Å². The Balaban J connectivity index is 1.60. The Kier molecular flexibility index (Phi) is 3.91. The van der Waals surface area contributed by atoms with Gasteiger partial charge in [-0.3, -0.25) is 5.10 Å². The van der Waals surface area contributed by atoms with Crippen LogP contribution in [-0.2, 0) is 0 Å². The summed E-state index contributed by atoms with van der Waals surface area (Å²) in [5.74, 6) is 0.339. The monoisotopic (exact) mass is 364 g/mol. The zero-order valence-corrected chi connectivity index (χ0v) is 14.1. The van der Waals surface area contributed by atoms with Crippen LogP contribution in [0.25, 0.3) is 10.9 Å². The maximum atomic E-state index is 13.5. The van der Waals surface area contributed by atoms with Crippen molar-refractivity contribution < 1.29 is 8.78 Å². The molecule has 0 bridgehead atoms. The maximum absolute atomic E-state index is 13.5. The number of benzene rings is 1. The van der Waals surface area contributed by atoms with Gasteiger partial charge >= 0.3 is 0 Å². The lowest BCUT2D eigenvalue weighted by atomic mass is 10.1. The van der Waals surface area contributed by atoms with Crippen LogP contribution in [0.5, 0.6) is 0 Å². The second-order valence-corrected chi connectivity index (χ2v) is 6.45. The summed E-state index contributed by atoms with van der Waals surface area (Å²) in [5.41, 5.74) is 0.566. The second kappa shape index (κ2) is 6.11. The van der Waals surface area contributed by atoms with Gasteiger partial charge in [0.1, 0.15) is 5.82 Å². The Morgan fingerprint density at radius 2 is 1.92 bits per heavy atom. The number of hydrogen-bond donors (Lipinski definition) is 1. The molecule has 0 aliphatic carbocycles. The normalized spacial score (nSPS) is 18.2. The summed E-state index contributed by atoms with van der Waals surface area (Å²) in [4.78, 5) is 12.2. The average Bonchev–Trinajstić information content (AvgIpc) is 2.99. The summed E-state index contributed by atoms with van der Waals surface area (Å²) in [6.07, 6.45) is 2.32. The van der Waals surface area contributed by atoms with Gasteiger partial charge in [0.25, 0.3) is 0 Å². The van der Waals surface area contributed by atoms with E-state index in [0.717, 1.165) is 12.4 Å². The molecule has 130 valence electrons. The number of piperazine rings is 1. The molecule has 2 aromatic heterocycles. The van der Waals surface area contributed by atoms with E-state index < -0.39 is 11.6 Å². The van der Waals surface area contributed by atoms with Crippen LogP contribution < -0.4 is 9.80 Å². The fraction of sp³-hybridized carbons (Fsp3) is 0.312. The Hall–Kier alpha value is -2.48. The number of aromatic amines is 1. The van der Waals surface area contributed by atoms with Crippen LogP contribution in [0.2, 0.25) is 5.02 Å². The van der Waals surface area contributed by atoms with E-state index in [1.807, 2.05) is 11.8 Å². The Labute approximate surface area is 147 Å². The number of nitrogens with one attached hydrogen (secondary N) is 1. The number of aromatic nitrogens is 4. The Bertz CT molecular complexity index is 913. The zero-order valence-electron chi connectivity index (χ0n) is 13.4. The van der Waals surface area contributed by atoms with E-state index >= 15 is 0 Å². The summed E-state index contributed by atoms with van der Waals surface area (Å²) in [5, 5.41) is 8.21. The first-order chi connectivity index (χ1) is 12.0. The third-order valence-corrected chi connectivity index (χ3v) is 4.65. The molecule has 3 heterocycles. The predicted octanol–water partition coefficient (Wildman–Crippen LogP) is 3.00. The quantitative estimate of drug-likeness (QED) is 0.757. The van der Waals surface area contributed by atoms with E-state index in [9.17, 15) is 8.78 Å². The molecule has 0 amide bonds. The van der Waals surface area contributed by atoms with Crippen molar-refractivity contribution in [2.75, 3.05) is 29.4 Å². The molecule has 1 aromatic carbocycles. The molecule has 1 aliphatic rings. The molecule has 0 radical (unpaired) electrons. The number of H-pyrrole nitrogens is 1. The number of fused-ring (bicyclic) bond motifs is 1. The third-order valence-electron chi connectivity index (χ3n) is 4.35. The summed E-state index contributed by atoms with van der Waals surface area (Å²) < 4.78 is 26.5. The van der Waals surface area contributed by atoms with Crippen LogP contribution in [0.3, 0.4) is 0 Å². The Morgan fingerprint density at radius 1 is 1.16 bits per heavy atom. The fourth-order valence-corrected chi connectivity index (χ4v) is 3.48. The molecule has 1 atom stereocenters. The highest BCUT2D eigenvalue weighted by Crippen LogP contribution is 2.33. The third kappa shape index (κ3) is 2.86. The van der Waals surface area contributed by atoms with Crippen molar-refractivity contribution in [1.29, 1.82) is 0 Å². The van der Waals surface area contributed by atoms with Crippen LogP contribution in [0.1, 0.15) is 6.92 Å². The van der Waals surface area contributed by atoms with Crippen LogP contribution in [0, 0.1) is 11.6 Å². The lowest BCUT2D eigenvalue weighted by Crippen LogP contribution is -2.52. The van der Waals surface area contributed by atoms with Gasteiger partial charge in [-0.15, -0.1) is 0 Å². The van der Waals surface area contributed by atoms with Gasteiger partial charge in [0.05, 0.1) is 28.3 Å². The molecule has 6 nitrogen and oxygen atoms in total. The summed E-state index contributed by atoms with van der Waals surface area (Å²) in [7, 11) is 0. The van der Waals surface area contributed by atoms with Crippen molar-refractivity contribution in [2.24, 2.45) is 0 Å². The number of hydrogen-bond acceptors (Lipinski definition) is 5. The molecular weight excluding hydrogens is 350 g/mol. The zero-order chi connectivity index (χ0) is 17.6. The van der Waals surface area contributed by atoms with Crippen LogP contribution in [0.15, 0.2) is 24.5 Å². The molecule has 1 aliphatic heterocycles. The molecule has 0 saturated carbocycles. The van der Waals surface area contributed by atoms with Crippen LogP contribution in [-0.4, -0.2) is 45.8 Å². The standard InChI is InChI=1S/C16H15ClF2N6/c1-9-8-24(16-20-6-11(19)7-21-16)2-3-25(9)15-14-12(17)4-10(18)5-13(14)22-23-15/h4-7,9H,2-3,8H2,1H3,(H,22,23)/t9-/m1/s1. The molecule has 9 heteroatoms. The highest BCUT2D eigenvalue weighted by molar-refractivity contribution is 6.36. The topological polar surface area (TPSA) is 60.9 Å². The van der Waals surface area contributed by atoms with Gasteiger partial charge in [-0.1, -0.05) is 11.6 Å². The number of halogens is 3. The molecule has 1 N–H and O–H groups in total. The van der Waals surface area contributed by atoms with E-state index in [2.05, 4.69) is 25.1 Å². The van der Waals surface area contributed by atoms with Crippen molar-refractivity contribution in [3.8, 4) is 0 Å². The van der Waals surface area contributed by atoms with Gasteiger partial charge < -0.3 is 9.80 Å². The predicted molar refractivity (Wildman–Crippen MR) is 92.1 cm³/mol. The molecular formula is C16H15ClF2N6. The highest BCUT2D eigenvalue weighted by Gasteiger charge is 2.28. The summed E-state index contributed by atoms with van der Waals surface area (Å²) >= 11 is 6.22. The van der Waals surface area contributed by atoms with E-state index in [-0.39, 0.29) is 6.04 Å². The molecule has 4 rings (SSSR count). The van der Waals surface area contributed by atoms with Gasteiger partial charge in [0.15, 0.2) is 11.6 Å². The minimum atomic E-state index is -0.458. The van der Waals surface area contributed by atoms with Crippen LogP contribution in [0.4, 0.5) is 20.5 Å². The van der Waals surface area contributed by atoms with E-state index in [1.54, 1.807) is 0 Å². The van der Waals surface area contributed by atoms with Gasteiger partial charge in [0.2, 0.25) is 5.95 Å². The van der Waals surface area contributed by atoms with Gasteiger partial charge in [-0.05, 0) is 19.1 Å². The van der Waals surface area contributed by atoms with Crippen molar-refractivity contribution in [2.45, 2.75) is 13.0 Å². The van der Waals surface area contributed by atoms with E-state index in [4.69, 9.17) is 11.6 Å². The van der Waals surface area contributed by atoms with E-state index in [0.29, 0.717) is 47.3 Å². The van der Waals surface area contributed by atoms with Crippen molar-refractivity contribution in [1.82, 2.24) is 20.2 Å². The minimum absolute atomic E-state index is 0.0926. The first kappa shape index (κ1) is 16.0. The van der Waals surface area contributed by atoms with Gasteiger partial charge in [-0.25, -0.2) is 18.7 Å². The SMILES string of the molecule is C[C@@H]1CN(c2ncc(F)cn2)CCN1c1n[nH]c2cc(F)cc(Cl)c12. The van der Waals surface area contributed by atoms with Crippen molar-refractivity contribution in [3.63, 3.8) is 0 Å². The first-order valence-electron chi connectivity index (χ1n) is 7.85. The number of nitrogens with zero attached hydrogens (tertiary/aromatic N) is 5. The first-order valence-corrected chi connectivity index (χ1v) is 8.23. The molecule has 25 heavy (non-hydrogen) atoms. The molecule has 0 spiro atoms. The molecule has 0 unspecified atom stereocenters. The van der Waals surface area contributed by atoms with Gasteiger partial charge in [0, 0.05) is 25.7 Å². The fourth-order valence-electron chi connectivity index (χ4n) is 3.19.